The van der Waals surface area contributed by atoms with Gasteiger partial charge in [-0.3, -0.25) is 9.59 Å². The van der Waals surface area contributed by atoms with Crippen LogP contribution in [0.4, 0.5) is 17.1 Å². The van der Waals surface area contributed by atoms with Crippen LogP contribution in [0.25, 0.3) is 0 Å². The van der Waals surface area contributed by atoms with Gasteiger partial charge in [0.05, 0.1) is 18.0 Å². The lowest BCUT2D eigenvalue weighted by molar-refractivity contribution is -0.115. The molecule has 0 aliphatic rings. The predicted octanol–water partition coefficient (Wildman–Crippen LogP) is 4.72. The lowest BCUT2D eigenvalue weighted by atomic mass is 10.2. The average Bonchev–Trinajstić information content (AvgIpc) is 2.80. The number of methoxy groups -OCH3 is 1. The number of ether oxygens (including phenoxy) is 1. The Kier molecular flexibility index (Phi) is 8.28. The summed E-state index contributed by atoms with van der Waals surface area (Å²) in [4.78, 5) is 24.7. The monoisotopic (exact) mass is 480 g/mol. The third-order valence-electron chi connectivity index (χ3n) is 4.57. The highest BCUT2D eigenvalue weighted by Gasteiger charge is 2.15. The summed E-state index contributed by atoms with van der Waals surface area (Å²) in [5.41, 5.74) is 7.78. The van der Waals surface area contributed by atoms with Gasteiger partial charge in [-0.25, -0.2) is 0 Å². The number of nitrogens with one attached hydrogen (secondary N) is 3. The van der Waals surface area contributed by atoms with Gasteiger partial charge in [0.2, 0.25) is 11.8 Å². The van der Waals surface area contributed by atoms with Crippen molar-refractivity contribution in [3.05, 3.63) is 78.4 Å². The van der Waals surface area contributed by atoms with Gasteiger partial charge in [-0.05, 0) is 73.7 Å². The molecule has 0 aliphatic carbocycles. The quantitative estimate of drug-likeness (QED) is 0.273. The van der Waals surface area contributed by atoms with Crippen molar-refractivity contribution >= 4 is 58.0 Å². The number of anilines is 3. The molecule has 0 radical (unpaired) electrons. The van der Waals surface area contributed by atoms with E-state index in [-0.39, 0.29) is 11.2 Å². The molecule has 9 heteroatoms. The van der Waals surface area contributed by atoms with E-state index in [1.165, 1.54) is 11.8 Å². The molecule has 0 heterocycles. The van der Waals surface area contributed by atoms with Crippen LogP contribution in [-0.4, -0.2) is 29.3 Å². The summed E-state index contributed by atoms with van der Waals surface area (Å²) in [7, 11) is 1.60. The molecular formula is C24H24N4O3S2. The first-order chi connectivity index (χ1) is 15.9. The fourth-order valence-electron chi connectivity index (χ4n) is 2.90. The van der Waals surface area contributed by atoms with Gasteiger partial charge in [0.1, 0.15) is 5.75 Å². The molecule has 3 rings (SSSR count). The minimum Gasteiger partial charge on any atom is -0.495 e. The molecule has 0 aliphatic heterocycles. The normalized spacial score (nSPS) is 11.2. The van der Waals surface area contributed by atoms with Gasteiger partial charge in [0.25, 0.3) is 0 Å². The molecule has 2 amide bonds. The Morgan fingerprint density at radius 3 is 2.36 bits per heavy atom. The molecule has 3 aromatic rings. The van der Waals surface area contributed by atoms with E-state index in [9.17, 15) is 9.59 Å². The number of rotatable bonds is 8. The second-order valence-electron chi connectivity index (χ2n) is 7.00. The van der Waals surface area contributed by atoms with Crippen LogP contribution in [0.15, 0.2) is 77.7 Å². The molecular weight excluding hydrogens is 456 g/mol. The highest BCUT2D eigenvalue weighted by Crippen LogP contribution is 2.27. The van der Waals surface area contributed by atoms with E-state index in [4.69, 9.17) is 22.7 Å². The van der Waals surface area contributed by atoms with Crippen molar-refractivity contribution in [3.8, 4) is 5.75 Å². The third kappa shape index (κ3) is 6.96. The largest absolute Gasteiger partial charge is 0.495 e. The topological polar surface area (TPSA) is 105 Å². The number of thiocarbonyl (C=S) groups is 1. The zero-order valence-corrected chi connectivity index (χ0v) is 19.8. The Balaban J connectivity index is 1.57. The summed E-state index contributed by atoms with van der Waals surface area (Å²) in [6.07, 6.45) is 0. The fraction of sp³-hybridized carbons (Fsp3) is 0.125. The Morgan fingerprint density at radius 1 is 0.939 bits per heavy atom. The summed E-state index contributed by atoms with van der Waals surface area (Å²) in [5, 5.41) is 9.19. The fourth-order valence-corrected chi connectivity index (χ4v) is 4.05. The van der Waals surface area contributed by atoms with Crippen LogP contribution in [0, 0.1) is 0 Å². The molecule has 0 aromatic heterocycles. The van der Waals surface area contributed by atoms with Gasteiger partial charge in [0.15, 0.2) is 5.11 Å². The number of thioether (sulfide) groups is 1. The van der Waals surface area contributed by atoms with Gasteiger partial charge in [0, 0.05) is 21.8 Å². The zero-order chi connectivity index (χ0) is 23.8. The first-order valence-electron chi connectivity index (χ1n) is 10.0. The van der Waals surface area contributed by atoms with Gasteiger partial charge < -0.3 is 26.4 Å². The standard InChI is InChI=1S/C24H24N4O3S2/c1-15(23(30)26-17-12-10-16(11-13-17)22(25)29)33-19-7-5-6-18(14-19)27-24(32)28-20-8-3-4-9-21(20)31-2/h3-15H,1-2H3,(H2,25,29)(H,26,30)(H2,27,28,32). The molecule has 0 saturated heterocycles. The molecule has 170 valence electrons. The van der Waals surface area contributed by atoms with Crippen molar-refractivity contribution in [1.29, 1.82) is 0 Å². The molecule has 5 N–H and O–H groups in total. The van der Waals surface area contributed by atoms with E-state index in [1.54, 1.807) is 31.4 Å². The molecule has 1 atom stereocenters. The minimum atomic E-state index is -0.511. The van der Waals surface area contributed by atoms with E-state index in [1.807, 2.05) is 55.5 Å². The SMILES string of the molecule is COc1ccccc1NC(=S)Nc1cccc(SC(C)C(=O)Nc2ccc(C(N)=O)cc2)c1. The maximum Gasteiger partial charge on any atom is 0.248 e. The second-order valence-corrected chi connectivity index (χ2v) is 8.82. The van der Waals surface area contributed by atoms with Crippen LogP contribution in [0.1, 0.15) is 17.3 Å². The molecule has 0 saturated carbocycles. The molecule has 0 fully saturated rings. The molecule has 7 nitrogen and oxygen atoms in total. The van der Waals surface area contributed by atoms with E-state index >= 15 is 0 Å². The van der Waals surface area contributed by atoms with Crippen LogP contribution in [0.3, 0.4) is 0 Å². The first kappa shape index (κ1) is 24.1. The highest BCUT2D eigenvalue weighted by atomic mass is 32.2. The van der Waals surface area contributed by atoms with Crippen molar-refractivity contribution in [1.82, 2.24) is 0 Å². The number of hydrogen-bond donors (Lipinski definition) is 4. The number of carbonyl (C=O) groups excluding carboxylic acids is 2. The Bertz CT molecular complexity index is 1150. The van der Waals surface area contributed by atoms with Crippen molar-refractivity contribution in [2.45, 2.75) is 17.1 Å². The van der Waals surface area contributed by atoms with Crippen LogP contribution >= 0.6 is 24.0 Å². The maximum absolute atomic E-state index is 12.6. The zero-order valence-electron chi connectivity index (χ0n) is 18.1. The summed E-state index contributed by atoms with van der Waals surface area (Å²) in [6.45, 7) is 1.83. The van der Waals surface area contributed by atoms with Crippen LogP contribution in [-0.2, 0) is 4.79 Å². The number of carbonyl (C=O) groups is 2. The van der Waals surface area contributed by atoms with Crippen molar-refractivity contribution in [2.75, 3.05) is 23.1 Å². The van der Waals surface area contributed by atoms with Crippen molar-refractivity contribution < 1.29 is 14.3 Å². The predicted molar refractivity (Wildman–Crippen MR) is 138 cm³/mol. The molecule has 33 heavy (non-hydrogen) atoms. The number of nitrogens with two attached hydrogens (primary N) is 1. The number of para-hydroxylation sites is 2. The Labute approximate surface area is 202 Å². The average molecular weight is 481 g/mol. The molecule has 0 spiro atoms. The Hall–Kier alpha value is -3.56. The number of amides is 2. The number of benzene rings is 3. The first-order valence-corrected chi connectivity index (χ1v) is 11.3. The van der Waals surface area contributed by atoms with Crippen molar-refractivity contribution in [2.24, 2.45) is 5.73 Å². The maximum atomic E-state index is 12.6. The van der Waals surface area contributed by atoms with Gasteiger partial charge >= 0.3 is 0 Å². The summed E-state index contributed by atoms with van der Waals surface area (Å²) >= 11 is 6.84. The third-order valence-corrected chi connectivity index (χ3v) is 5.86. The summed E-state index contributed by atoms with van der Waals surface area (Å²) in [6, 6.07) is 21.6. The smallest absolute Gasteiger partial charge is 0.248 e. The molecule has 1 unspecified atom stereocenters. The summed E-state index contributed by atoms with van der Waals surface area (Å²) < 4.78 is 5.33. The van der Waals surface area contributed by atoms with E-state index in [0.717, 1.165) is 16.3 Å². The minimum absolute atomic E-state index is 0.154. The molecule has 3 aromatic carbocycles. The van der Waals surface area contributed by atoms with Crippen molar-refractivity contribution in [3.63, 3.8) is 0 Å². The van der Waals surface area contributed by atoms with E-state index in [0.29, 0.717) is 22.1 Å². The second kappa shape index (κ2) is 11.3. The highest BCUT2D eigenvalue weighted by molar-refractivity contribution is 8.00. The number of primary amides is 1. The van der Waals surface area contributed by atoms with Crippen LogP contribution in [0.5, 0.6) is 5.75 Å². The number of hydrogen-bond acceptors (Lipinski definition) is 5. The van der Waals surface area contributed by atoms with E-state index in [2.05, 4.69) is 16.0 Å². The lowest BCUT2D eigenvalue weighted by Crippen LogP contribution is -2.22. The van der Waals surface area contributed by atoms with E-state index < -0.39 is 5.91 Å². The molecule has 0 bridgehead atoms. The van der Waals surface area contributed by atoms with Crippen LogP contribution in [0.2, 0.25) is 0 Å². The Morgan fingerprint density at radius 2 is 1.67 bits per heavy atom. The summed E-state index contributed by atoms with van der Waals surface area (Å²) in [5.74, 6) is 0.0245. The lowest BCUT2D eigenvalue weighted by Gasteiger charge is -2.15. The van der Waals surface area contributed by atoms with Gasteiger partial charge in [-0.2, -0.15) is 0 Å². The van der Waals surface area contributed by atoms with Gasteiger partial charge in [-0.15, -0.1) is 11.8 Å². The van der Waals surface area contributed by atoms with Crippen LogP contribution < -0.4 is 26.4 Å². The van der Waals surface area contributed by atoms with Gasteiger partial charge in [-0.1, -0.05) is 18.2 Å².